The standard InChI is InChI=1S/C14H15FN2OS/c1-8(2)13-14(19-17-16-13)12(18)7-10-4-5-11(15)6-9(10)3/h4-6,8H,7H2,1-3H3. The molecule has 0 atom stereocenters. The van der Waals surface area contributed by atoms with Crippen molar-refractivity contribution in [1.29, 1.82) is 0 Å². The highest BCUT2D eigenvalue weighted by molar-refractivity contribution is 7.08. The first-order valence-electron chi connectivity index (χ1n) is 6.09. The van der Waals surface area contributed by atoms with Crippen molar-refractivity contribution in [3.63, 3.8) is 0 Å². The SMILES string of the molecule is Cc1cc(F)ccc1CC(=O)c1snnc1C(C)C. The van der Waals surface area contributed by atoms with Crippen LogP contribution in [-0.2, 0) is 6.42 Å². The Balaban J connectivity index is 2.23. The van der Waals surface area contributed by atoms with E-state index in [2.05, 4.69) is 9.59 Å². The van der Waals surface area contributed by atoms with Gasteiger partial charge in [0, 0.05) is 6.42 Å². The molecule has 2 rings (SSSR count). The molecular formula is C14H15FN2OS. The first kappa shape index (κ1) is 13.8. The molecule has 0 fully saturated rings. The summed E-state index contributed by atoms with van der Waals surface area (Å²) in [5.74, 6) is -0.114. The average molecular weight is 278 g/mol. The zero-order chi connectivity index (χ0) is 14.0. The Morgan fingerprint density at radius 2 is 2.16 bits per heavy atom. The predicted octanol–water partition coefficient (Wildman–Crippen LogP) is 3.53. The van der Waals surface area contributed by atoms with Gasteiger partial charge >= 0.3 is 0 Å². The van der Waals surface area contributed by atoms with E-state index < -0.39 is 0 Å². The molecule has 2 aromatic rings. The van der Waals surface area contributed by atoms with Gasteiger partial charge in [-0.2, -0.15) is 0 Å². The highest BCUT2D eigenvalue weighted by atomic mass is 32.1. The number of hydrogen-bond donors (Lipinski definition) is 0. The molecule has 0 saturated carbocycles. The van der Waals surface area contributed by atoms with Crippen LogP contribution in [0.3, 0.4) is 0 Å². The van der Waals surface area contributed by atoms with Crippen LogP contribution in [0.25, 0.3) is 0 Å². The molecule has 0 aliphatic carbocycles. The number of hydrogen-bond acceptors (Lipinski definition) is 4. The van der Waals surface area contributed by atoms with Crippen LogP contribution < -0.4 is 0 Å². The van der Waals surface area contributed by atoms with Gasteiger partial charge in [0.05, 0.1) is 5.69 Å². The first-order chi connectivity index (χ1) is 8.99. The summed E-state index contributed by atoms with van der Waals surface area (Å²) >= 11 is 1.13. The summed E-state index contributed by atoms with van der Waals surface area (Å²) in [6, 6.07) is 4.48. The lowest BCUT2D eigenvalue weighted by atomic mass is 10.0. The van der Waals surface area contributed by atoms with E-state index in [-0.39, 0.29) is 23.9 Å². The second kappa shape index (κ2) is 5.57. The van der Waals surface area contributed by atoms with Gasteiger partial charge in [-0.05, 0) is 47.6 Å². The van der Waals surface area contributed by atoms with Crippen LogP contribution in [0.15, 0.2) is 18.2 Å². The molecule has 5 heteroatoms. The molecule has 1 aromatic carbocycles. The predicted molar refractivity (Wildman–Crippen MR) is 73.2 cm³/mol. The number of aryl methyl sites for hydroxylation is 1. The monoisotopic (exact) mass is 278 g/mol. The van der Waals surface area contributed by atoms with E-state index in [1.54, 1.807) is 13.0 Å². The van der Waals surface area contributed by atoms with Crippen molar-refractivity contribution >= 4 is 17.3 Å². The fourth-order valence-electron chi connectivity index (χ4n) is 1.88. The zero-order valence-electron chi connectivity index (χ0n) is 11.1. The quantitative estimate of drug-likeness (QED) is 0.803. The van der Waals surface area contributed by atoms with Gasteiger partial charge in [0.2, 0.25) is 0 Å². The number of aromatic nitrogens is 2. The number of ketones is 1. The lowest BCUT2D eigenvalue weighted by Gasteiger charge is -2.06. The number of rotatable bonds is 4. The van der Waals surface area contributed by atoms with Crippen molar-refractivity contribution in [3.05, 3.63) is 45.7 Å². The van der Waals surface area contributed by atoms with Crippen LogP contribution in [0.4, 0.5) is 4.39 Å². The van der Waals surface area contributed by atoms with E-state index in [1.165, 1.54) is 12.1 Å². The molecule has 0 spiro atoms. The van der Waals surface area contributed by atoms with E-state index in [0.717, 1.165) is 28.4 Å². The van der Waals surface area contributed by atoms with Crippen LogP contribution in [0.1, 0.15) is 46.3 Å². The molecule has 0 saturated heterocycles. The maximum atomic E-state index is 13.0. The first-order valence-corrected chi connectivity index (χ1v) is 6.87. The average Bonchev–Trinajstić information content (AvgIpc) is 2.82. The van der Waals surface area contributed by atoms with Gasteiger partial charge in [0.1, 0.15) is 10.7 Å². The van der Waals surface area contributed by atoms with Crippen LogP contribution >= 0.6 is 11.5 Å². The van der Waals surface area contributed by atoms with Gasteiger partial charge in [-0.1, -0.05) is 24.4 Å². The molecule has 0 aliphatic heterocycles. The molecule has 1 aromatic heterocycles. The molecule has 0 unspecified atom stereocenters. The highest BCUT2D eigenvalue weighted by Gasteiger charge is 2.19. The van der Waals surface area contributed by atoms with E-state index >= 15 is 0 Å². The minimum Gasteiger partial charge on any atom is -0.293 e. The summed E-state index contributed by atoms with van der Waals surface area (Å²) < 4.78 is 16.9. The van der Waals surface area contributed by atoms with E-state index in [4.69, 9.17) is 0 Å². The van der Waals surface area contributed by atoms with E-state index in [0.29, 0.717) is 4.88 Å². The third kappa shape index (κ3) is 3.04. The Hall–Kier alpha value is -1.62. The molecule has 3 nitrogen and oxygen atoms in total. The summed E-state index contributed by atoms with van der Waals surface area (Å²) in [6.45, 7) is 5.77. The minimum atomic E-state index is -0.281. The Morgan fingerprint density at radius 1 is 1.42 bits per heavy atom. The molecule has 100 valence electrons. The van der Waals surface area contributed by atoms with Crippen molar-refractivity contribution in [3.8, 4) is 0 Å². The summed E-state index contributed by atoms with van der Waals surface area (Å²) in [5, 5.41) is 4.00. The number of halogens is 1. The number of Topliss-reactive ketones (excluding diaryl/α,β-unsaturated/α-hetero) is 1. The highest BCUT2D eigenvalue weighted by Crippen LogP contribution is 2.22. The third-order valence-electron chi connectivity index (χ3n) is 2.97. The van der Waals surface area contributed by atoms with Gasteiger partial charge in [0.15, 0.2) is 5.78 Å². The molecule has 0 aliphatic rings. The van der Waals surface area contributed by atoms with Gasteiger partial charge < -0.3 is 0 Å². The Morgan fingerprint density at radius 3 is 2.79 bits per heavy atom. The van der Waals surface area contributed by atoms with E-state index in [9.17, 15) is 9.18 Å². The fourth-order valence-corrected chi connectivity index (χ4v) is 2.63. The van der Waals surface area contributed by atoms with Crippen LogP contribution in [0, 0.1) is 12.7 Å². The second-order valence-electron chi connectivity index (χ2n) is 4.81. The molecule has 1 heterocycles. The summed E-state index contributed by atoms with van der Waals surface area (Å²) in [4.78, 5) is 12.9. The second-order valence-corrected chi connectivity index (χ2v) is 5.57. The summed E-state index contributed by atoms with van der Waals surface area (Å²) in [7, 11) is 0. The normalized spacial score (nSPS) is 11.0. The molecular weight excluding hydrogens is 263 g/mol. The third-order valence-corrected chi connectivity index (χ3v) is 3.75. The number of benzene rings is 1. The van der Waals surface area contributed by atoms with Gasteiger partial charge in [-0.25, -0.2) is 4.39 Å². The number of carbonyl (C=O) groups excluding carboxylic acids is 1. The van der Waals surface area contributed by atoms with Crippen molar-refractivity contribution in [2.45, 2.75) is 33.1 Å². The Bertz CT molecular complexity index is 607. The summed E-state index contributed by atoms with van der Waals surface area (Å²) in [5.41, 5.74) is 2.38. The lowest BCUT2D eigenvalue weighted by molar-refractivity contribution is 0.0995. The van der Waals surface area contributed by atoms with Crippen LogP contribution in [0.2, 0.25) is 0 Å². The molecule has 0 amide bonds. The van der Waals surface area contributed by atoms with Crippen molar-refractivity contribution in [1.82, 2.24) is 9.59 Å². The van der Waals surface area contributed by atoms with Gasteiger partial charge in [0.25, 0.3) is 0 Å². The maximum absolute atomic E-state index is 13.0. The molecule has 0 bridgehead atoms. The van der Waals surface area contributed by atoms with Gasteiger partial charge in [-0.15, -0.1) is 5.10 Å². The van der Waals surface area contributed by atoms with Crippen LogP contribution in [-0.4, -0.2) is 15.4 Å². The lowest BCUT2D eigenvalue weighted by Crippen LogP contribution is -2.07. The molecule has 19 heavy (non-hydrogen) atoms. The fraction of sp³-hybridized carbons (Fsp3) is 0.357. The Kier molecular flexibility index (Phi) is 4.04. The minimum absolute atomic E-state index is 0.00610. The van der Waals surface area contributed by atoms with Gasteiger partial charge in [-0.3, -0.25) is 4.79 Å². The van der Waals surface area contributed by atoms with E-state index in [1.807, 2.05) is 13.8 Å². The maximum Gasteiger partial charge on any atom is 0.180 e. The van der Waals surface area contributed by atoms with Crippen molar-refractivity contribution < 1.29 is 9.18 Å². The summed E-state index contributed by atoms with van der Waals surface area (Å²) in [6.07, 6.45) is 0.260. The Labute approximate surface area is 115 Å². The molecule has 0 N–H and O–H groups in total. The smallest absolute Gasteiger partial charge is 0.180 e. The van der Waals surface area contributed by atoms with Crippen molar-refractivity contribution in [2.75, 3.05) is 0 Å². The zero-order valence-corrected chi connectivity index (χ0v) is 11.9. The van der Waals surface area contributed by atoms with Crippen molar-refractivity contribution in [2.24, 2.45) is 0 Å². The number of nitrogens with zero attached hydrogens (tertiary/aromatic N) is 2. The molecule has 0 radical (unpaired) electrons. The largest absolute Gasteiger partial charge is 0.293 e. The topological polar surface area (TPSA) is 42.9 Å². The van der Waals surface area contributed by atoms with Crippen LogP contribution in [0.5, 0.6) is 0 Å². The number of carbonyl (C=O) groups is 1.